The number of methoxy groups -OCH3 is 2. The van der Waals surface area contributed by atoms with Gasteiger partial charge in [0.05, 0.1) is 35.8 Å². The molecule has 3 aromatic rings. The molecule has 0 bridgehead atoms. The zero-order valence-electron chi connectivity index (χ0n) is 17.4. The molecule has 11 heteroatoms. The molecule has 166 valence electrons. The Labute approximate surface area is 187 Å². The normalized spacial score (nSPS) is 11.5. The number of hydrogen-bond acceptors (Lipinski definition) is 8. The minimum Gasteiger partial charge on any atom is -0.497 e. The van der Waals surface area contributed by atoms with Crippen LogP contribution in [0.25, 0.3) is 11.3 Å². The van der Waals surface area contributed by atoms with Crippen LogP contribution in [0.5, 0.6) is 11.5 Å². The van der Waals surface area contributed by atoms with Crippen LogP contribution in [0.2, 0.25) is 0 Å². The van der Waals surface area contributed by atoms with Gasteiger partial charge in [-0.05, 0) is 37.3 Å². The lowest BCUT2D eigenvalue weighted by Gasteiger charge is -2.14. The van der Waals surface area contributed by atoms with Gasteiger partial charge in [-0.3, -0.25) is 19.7 Å². The summed E-state index contributed by atoms with van der Waals surface area (Å²) < 4.78 is 10.3. The van der Waals surface area contributed by atoms with Crippen molar-refractivity contribution in [3.63, 3.8) is 0 Å². The molecular weight excluding hydrogens is 436 g/mol. The molecule has 0 aliphatic carbocycles. The number of nitro groups is 1. The number of non-ortho nitro benzene ring substituents is 1. The first kappa shape index (κ1) is 22.8. The van der Waals surface area contributed by atoms with E-state index >= 15 is 0 Å². The maximum Gasteiger partial charge on any atom is 0.271 e. The third-order valence-corrected chi connectivity index (χ3v) is 5.40. The number of aromatic amines is 1. The number of ether oxygens (including phenoxy) is 2. The number of nitrogens with one attached hydrogen (secondary N) is 2. The molecule has 2 N–H and O–H groups in total. The number of aromatic nitrogens is 2. The van der Waals surface area contributed by atoms with Crippen molar-refractivity contribution in [2.45, 2.75) is 17.3 Å². The van der Waals surface area contributed by atoms with Gasteiger partial charge >= 0.3 is 0 Å². The molecule has 10 nitrogen and oxygen atoms in total. The highest BCUT2D eigenvalue weighted by Gasteiger charge is 2.20. The Kier molecular flexibility index (Phi) is 7.11. The summed E-state index contributed by atoms with van der Waals surface area (Å²) in [7, 11) is 2.96. The van der Waals surface area contributed by atoms with Crippen LogP contribution in [-0.2, 0) is 4.79 Å². The summed E-state index contributed by atoms with van der Waals surface area (Å²) in [6.07, 6.45) is 0. The number of rotatable bonds is 8. The van der Waals surface area contributed by atoms with E-state index in [1.807, 2.05) is 0 Å². The lowest BCUT2D eigenvalue weighted by molar-refractivity contribution is -0.384. The number of carbonyl (C=O) groups excluding carboxylic acids is 1. The van der Waals surface area contributed by atoms with Crippen molar-refractivity contribution >= 4 is 29.0 Å². The van der Waals surface area contributed by atoms with Crippen molar-refractivity contribution in [1.82, 2.24) is 9.97 Å². The average Bonchev–Trinajstić information content (AvgIpc) is 2.78. The van der Waals surface area contributed by atoms with Crippen LogP contribution >= 0.6 is 11.8 Å². The van der Waals surface area contributed by atoms with E-state index in [-0.39, 0.29) is 27.8 Å². The second-order valence-electron chi connectivity index (χ2n) is 6.56. The lowest BCUT2D eigenvalue weighted by Crippen LogP contribution is -2.23. The molecule has 0 saturated heterocycles. The molecule has 0 spiro atoms. The van der Waals surface area contributed by atoms with Crippen molar-refractivity contribution in [3.8, 4) is 22.8 Å². The third kappa shape index (κ3) is 5.43. The summed E-state index contributed by atoms with van der Waals surface area (Å²) >= 11 is 1.05. The molecule has 2 aromatic carbocycles. The Morgan fingerprint density at radius 3 is 2.50 bits per heavy atom. The summed E-state index contributed by atoms with van der Waals surface area (Å²) in [6.45, 7) is 1.63. The van der Waals surface area contributed by atoms with Crippen LogP contribution in [0.15, 0.2) is 58.5 Å². The molecule has 3 rings (SSSR count). The number of anilines is 1. The molecule has 0 radical (unpaired) electrons. The van der Waals surface area contributed by atoms with Crippen LogP contribution in [0, 0.1) is 10.1 Å². The first-order valence-corrected chi connectivity index (χ1v) is 10.2. The van der Waals surface area contributed by atoms with E-state index in [1.165, 1.54) is 31.4 Å². The third-order valence-electron chi connectivity index (χ3n) is 4.42. The Bertz CT molecular complexity index is 1200. The minimum atomic E-state index is -0.673. The smallest absolute Gasteiger partial charge is 0.271 e. The van der Waals surface area contributed by atoms with Gasteiger partial charge in [-0.25, -0.2) is 4.98 Å². The first-order chi connectivity index (χ1) is 15.3. The summed E-state index contributed by atoms with van der Waals surface area (Å²) in [5, 5.41) is 13.2. The zero-order valence-corrected chi connectivity index (χ0v) is 18.3. The molecule has 0 aliphatic rings. The summed E-state index contributed by atoms with van der Waals surface area (Å²) in [6, 6.07) is 12.3. The molecule has 1 amide bonds. The van der Waals surface area contributed by atoms with Crippen molar-refractivity contribution in [2.24, 2.45) is 0 Å². The zero-order chi connectivity index (χ0) is 23.3. The maximum absolute atomic E-state index is 12.7. The van der Waals surface area contributed by atoms with Crippen LogP contribution in [0.3, 0.4) is 0 Å². The molecule has 1 atom stereocenters. The summed E-state index contributed by atoms with van der Waals surface area (Å²) in [5.74, 6) is 0.524. The van der Waals surface area contributed by atoms with Gasteiger partial charge in [0.25, 0.3) is 11.2 Å². The van der Waals surface area contributed by atoms with Crippen LogP contribution < -0.4 is 20.3 Å². The predicted molar refractivity (Wildman–Crippen MR) is 120 cm³/mol. The Morgan fingerprint density at radius 2 is 1.88 bits per heavy atom. The minimum absolute atomic E-state index is 0.174. The Hall–Kier alpha value is -3.86. The predicted octanol–water partition coefficient (Wildman–Crippen LogP) is 3.48. The van der Waals surface area contributed by atoms with Crippen molar-refractivity contribution in [3.05, 3.63) is 69.0 Å². The van der Waals surface area contributed by atoms with E-state index in [1.54, 1.807) is 38.3 Å². The number of benzene rings is 2. The second-order valence-corrected chi connectivity index (χ2v) is 7.88. The number of thioether (sulfide) groups is 1. The van der Waals surface area contributed by atoms with Gasteiger partial charge in [0.2, 0.25) is 5.91 Å². The largest absolute Gasteiger partial charge is 0.497 e. The fourth-order valence-corrected chi connectivity index (χ4v) is 3.57. The quantitative estimate of drug-likeness (QED) is 0.227. The molecule has 0 aliphatic heterocycles. The first-order valence-electron chi connectivity index (χ1n) is 9.36. The van der Waals surface area contributed by atoms with E-state index in [9.17, 15) is 19.7 Å². The molecule has 32 heavy (non-hydrogen) atoms. The van der Waals surface area contributed by atoms with Gasteiger partial charge in [0.1, 0.15) is 11.5 Å². The maximum atomic E-state index is 12.7. The second kappa shape index (κ2) is 9.96. The fraction of sp³-hybridized carbons (Fsp3) is 0.190. The number of H-pyrrole nitrogens is 1. The van der Waals surface area contributed by atoms with E-state index < -0.39 is 16.1 Å². The van der Waals surface area contributed by atoms with Gasteiger partial charge in [-0.2, -0.15) is 0 Å². The molecule has 1 heterocycles. The molecule has 0 saturated carbocycles. The number of amides is 1. The van der Waals surface area contributed by atoms with Gasteiger partial charge in [-0.15, -0.1) is 0 Å². The topological polar surface area (TPSA) is 136 Å². The van der Waals surface area contributed by atoms with Crippen LogP contribution in [0.1, 0.15) is 6.92 Å². The highest BCUT2D eigenvalue weighted by molar-refractivity contribution is 8.00. The Morgan fingerprint density at radius 1 is 1.16 bits per heavy atom. The van der Waals surface area contributed by atoms with Crippen LogP contribution in [0.4, 0.5) is 11.4 Å². The monoisotopic (exact) mass is 456 g/mol. The van der Waals surface area contributed by atoms with E-state index in [2.05, 4.69) is 15.3 Å². The highest BCUT2D eigenvalue weighted by Crippen LogP contribution is 2.30. The van der Waals surface area contributed by atoms with Crippen molar-refractivity contribution < 1.29 is 19.2 Å². The SMILES string of the molecule is COc1ccc(-c2cc(=O)[nH]c(SC(C)C(=O)Nc3cc([N+](=O)[O-])ccc3OC)n2)cc1. The lowest BCUT2D eigenvalue weighted by atomic mass is 10.1. The van der Waals surface area contributed by atoms with E-state index in [0.29, 0.717) is 11.4 Å². The fourth-order valence-electron chi connectivity index (χ4n) is 2.76. The highest BCUT2D eigenvalue weighted by atomic mass is 32.2. The number of carbonyl (C=O) groups is 1. The number of hydrogen-bond donors (Lipinski definition) is 2. The van der Waals surface area contributed by atoms with Gasteiger partial charge in [0, 0.05) is 23.8 Å². The van der Waals surface area contributed by atoms with Gasteiger partial charge in [-0.1, -0.05) is 11.8 Å². The van der Waals surface area contributed by atoms with Crippen LogP contribution in [-0.4, -0.2) is 40.3 Å². The van der Waals surface area contributed by atoms with Gasteiger partial charge < -0.3 is 19.8 Å². The molecule has 1 unspecified atom stereocenters. The van der Waals surface area contributed by atoms with Gasteiger partial charge in [0.15, 0.2) is 5.16 Å². The van der Waals surface area contributed by atoms with Crippen molar-refractivity contribution in [2.75, 3.05) is 19.5 Å². The molecule has 1 aromatic heterocycles. The number of nitrogens with zero attached hydrogens (tertiary/aromatic N) is 2. The average molecular weight is 456 g/mol. The molecular formula is C21H20N4O6S. The standard InChI is InChI=1S/C21H20N4O6S/c1-12(20(27)22-17-10-14(25(28)29)6-9-18(17)31-3)32-21-23-16(11-19(26)24-21)13-4-7-15(30-2)8-5-13/h4-12H,1-3H3,(H,22,27)(H,23,24,26). The van der Waals surface area contributed by atoms with Crippen molar-refractivity contribution in [1.29, 1.82) is 0 Å². The Balaban J connectivity index is 1.78. The van der Waals surface area contributed by atoms with E-state index in [4.69, 9.17) is 9.47 Å². The molecule has 0 fully saturated rings. The number of nitro benzene ring substituents is 1. The van der Waals surface area contributed by atoms with E-state index in [0.717, 1.165) is 17.3 Å². The summed E-state index contributed by atoms with van der Waals surface area (Å²) in [5.41, 5.74) is 0.803. The summed E-state index contributed by atoms with van der Waals surface area (Å²) in [4.78, 5) is 42.3.